The summed E-state index contributed by atoms with van der Waals surface area (Å²) in [7, 11) is 3.75. The van der Waals surface area contributed by atoms with Crippen molar-refractivity contribution in [3.63, 3.8) is 0 Å². The molecule has 2 unspecified atom stereocenters. The maximum atomic E-state index is 13.0. The lowest BCUT2D eigenvalue weighted by atomic mass is 10.0. The number of pyridine rings is 1. The van der Waals surface area contributed by atoms with E-state index in [9.17, 15) is 8.78 Å². The summed E-state index contributed by atoms with van der Waals surface area (Å²) < 4.78 is 31.2. The lowest BCUT2D eigenvalue weighted by Crippen LogP contribution is -2.30. The van der Waals surface area contributed by atoms with E-state index in [1.54, 1.807) is 13.1 Å². The molecule has 0 saturated carbocycles. The standard InChI is InChI=1S/C23H36F2N4O/c1-8-9-10-11-21(27-7)20(18(4)26-6)14-28-17(3)19-12-16(2)22(29-13-19)30-15-23(5,24)25/h10-14,17,21,26-28H,4,8-9,15H2,1-3,5-7H3/b11-10-,20-14-. The summed E-state index contributed by atoms with van der Waals surface area (Å²) >= 11 is 0. The van der Waals surface area contributed by atoms with Crippen molar-refractivity contribution in [3.8, 4) is 5.88 Å². The van der Waals surface area contributed by atoms with E-state index in [1.807, 2.05) is 33.3 Å². The summed E-state index contributed by atoms with van der Waals surface area (Å²) in [5.41, 5.74) is 3.45. The number of halogens is 2. The van der Waals surface area contributed by atoms with E-state index in [4.69, 9.17) is 4.74 Å². The number of nitrogens with zero attached hydrogens (tertiary/aromatic N) is 1. The van der Waals surface area contributed by atoms with Gasteiger partial charge in [-0.05, 0) is 38.9 Å². The molecular weight excluding hydrogens is 386 g/mol. The van der Waals surface area contributed by atoms with Crippen LogP contribution in [0.25, 0.3) is 0 Å². The average molecular weight is 423 g/mol. The third-order valence-electron chi connectivity index (χ3n) is 4.58. The van der Waals surface area contributed by atoms with Crippen LogP contribution in [0.2, 0.25) is 0 Å². The first kappa shape index (κ1) is 25.6. The maximum absolute atomic E-state index is 13.0. The fourth-order valence-corrected chi connectivity index (χ4v) is 2.74. The van der Waals surface area contributed by atoms with Crippen molar-refractivity contribution in [1.29, 1.82) is 0 Å². The second-order valence-corrected chi connectivity index (χ2v) is 7.45. The first-order valence-electron chi connectivity index (χ1n) is 10.3. The van der Waals surface area contributed by atoms with E-state index in [0.29, 0.717) is 5.56 Å². The molecule has 5 nitrogen and oxygen atoms in total. The van der Waals surface area contributed by atoms with Crippen LogP contribution < -0.4 is 20.7 Å². The molecule has 0 spiro atoms. The zero-order valence-electron chi connectivity index (χ0n) is 19.0. The van der Waals surface area contributed by atoms with Gasteiger partial charge in [0.15, 0.2) is 6.61 Å². The second kappa shape index (κ2) is 12.3. The highest BCUT2D eigenvalue weighted by Gasteiger charge is 2.23. The zero-order valence-corrected chi connectivity index (χ0v) is 19.0. The first-order chi connectivity index (χ1) is 14.1. The molecule has 0 bridgehead atoms. The van der Waals surface area contributed by atoms with Gasteiger partial charge in [-0.3, -0.25) is 0 Å². The Bertz CT molecular complexity index is 741. The molecule has 0 aliphatic carbocycles. The molecule has 168 valence electrons. The molecule has 3 N–H and O–H groups in total. The molecule has 0 radical (unpaired) electrons. The molecule has 0 aliphatic rings. The van der Waals surface area contributed by atoms with Gasteiger partial charge in [-0.25, -0.2) is 13.8 Å². The Balaban J connectivity index is 2.95. The summed E-state index contributed by atoms with van der Waals surface area (Å²) in [5, 5.41) is 9.79. The van der Waals surface area contributed by atoms with E-state index >= 15 is 0 Å². The minimum absolute atomic E-state index is 0.0162. The Hall–Kier alpha value is -2.41. The normalized spacial score (nSPS) is 14.5. The van der Waals surface area contributed by atoms with Crippen molar-refractivity contribution in [2.45, 2.75) is 58.5 Å². The van der Waals surface area contributed by atoms with Crippen molar-refractivity contribution >= 4 is 0 Å². The molecule has 1 rings (SSSR count). The molecule has 0 fully saturated rings. The molecule has 0 aliphatic heterocycles. The molecule has 0 amide bonds. The smallest absolute Gasteiger partial charge is 0.278 e. The van der Waals surface area contributed by atoms with Crippen LogP contribution in [0, 0.1) is 6.92 Å². The number of likely N-dealkylation sites (N-methyl/N-ethyl adjacent to an activating group) is 2. The lowest BCUT2D eigenvalue weighted by Gasteiger charge is -2.21. The van der Waals surface area contributed by atoms with Gasteiger partial charge in [0.25, 0.3) is 5.92 Å². The number of hydrogen-bond acceptors (Lipinski definition) is 5. The summed E-state index contributed by atoms with van der Waals surface area (Å²) in [6, 6.07) is 1.86. The first-order valence-corrected chi connectivity index (χ1v) is 10.3. The molecule has 1 aromatic rings. The van der Waals surface area contributed by atoms with Crippen molar-refractivity contribution < 1.29 is 13.5 Å². The summed E-state index contributed by atoms with van der Waals surface area (Å²) in [6.07, 6.45) is 9.99. The zero-order chi connectivity index (χ0) is 22.7. The average Bonchev–Trinajstić information content (AvgIpc) is 2.70. The SMILES string of the molecule is C=C(NC)/C(=C/NC(C)c1cnc(OCC(C)(F)F)c(C)c1)C(/C=C\CCC)NC. The van der Waals surface area contributed by atoms with E-state index in [1.165, 1.54) is 0 Å². The monoisotopic (exact) mass is 422 g/mol. The quantitative estimate of drug-likeness (QED) is 0.319. The van der Waals surface area contributed by atoms with E-state index in [0.717, 1.165) is 36.6 Å². The predicted molar refractivity (Wildman–Crippen MR) is 120 cm³/mol. The van der Waals surface area contributed by atoms with E-state index < -0.39 is 12.5 Å². The van der Waals surface area contributed by atoms with Gasteiger partial charge in [-0.1, -0.05) is 32.1 Å². The minimum atomic E-state index is -2.89. The van der Waals surface area contributed by atoms with Crippen LogP contribution in [0.1, 0.15) is 50.8 Å². The Kier molecular flexibility index (Phi) is 10.5. The molecular formula is C23H36F2N4O. The Morgan fingerprint density at radius 2 is 2.07 bits per heavy atom. The van der Waals surface area contributed by atoms with Crippen LogP contribution in [-0.4, -0.2) is 37.7 Å². The maximum Gasteiger partial charge on any atom is 0.278 e. The largest absolute Gasteiger partial charge is 0.471 e. The Morgan fingerprint density at radius 1 is 1.37 bits per heavy atom. The van der Waals surface area contributed by atoms with Crippen molar-refractivity contribution in [2.75, 3.05) is 20.7 Å². The number of aromatic nitrogens is 1. The molecule has 30 heavy (non-hydrogen) atoms. The molecule has 0 saturated heterocycles. The number of hydrogen-bond donors (Lipinski definition) is 3. The van der Waals surface area contributed by atoms with Gasteiger partial charge in [-0.2, -0.15) is 0 Å². The third kappa shape index (κ3) is 8.53. The fourth-order valence-electron chi connectivity index (χ4n) is 2.74. The van der Waals surface area contributed by atoms with Crippen LogP contribution in [0.15, 0.2) is 48.5 Å². The van der Waals surface area contributed by atoms with Crippen molar-refractivity contribution in [2.24, 2.45) is 0 Å². The number of alkyl halides is 2. The molecule has 1 heterocycles. The van der Waals surface area contributed by atoms with E-state index in [2.05, 4.69) is 46.6 Å². The van der Waals surface area contributed by atoms with Gasteiger partial charge in [-0.15, -0.1) is 0 Å². The summed E-state index contributed by atoms with van der Waals surface area (Å²) in [4.78, 5) is 4.21. The van der Waals surface area contributed by atoms with Gasteiger partial charge < -0.3 is 20.7 Å². The molecule has 2 atom stereocenters. The number of unbranched alkanes of at least 4 members (excludes halogenated alkanes) is 1. The van der Waals surface area contributed by atoms with Gasteiger partial charge in [0.1, 0.15) is 0 Å². The number of aryl methyl sites for hydroxylation is 1. The number of nitrogens with one attached hydrogen (secondary N) is 3. The molecule has 0 aromatic carbocycles. The van der Waals surface area contributed by atoms with Gasteiger partial charge in [0.2, 0.25) is 5.88 Å². The van der Waals surface area contributed by atoms with Crippen LogP contribution in [0.4, 0.5) is 8.78 Å². The highest BCUT2D eigenvalue weighted by Crippen LogP contribution is 2.22. The van der Waals surface area contributed by atoms with Crippen LogP contribution in [-0.2, 0) is 0 Å². The number of allylic oxidation sites excluding steroid dienone is 1. The van der Waals surface area contributed by atoms with Gasteiger partial charge in [0.05, 0.1) is 6.04 Å². The third-order valence-corrected chi connectivity index (χ3v) is 4.58. The molecule has 1 aromatic heterocycles. The van der Waals surface area contributed by atoms with Crippen LogP contribution in [0.3, 0.4) is 0 Å². The Labute approximate surface area is 179 Å². The highest BCUT2D eigenvalue weighted by molar-refractivity contribution is 5.36. The summed E-state index contributed by atoms with van der Waals surface area (Å²) in [6.45, 7) is 10.2. The highest BCUT2D eigenvalue weighted by atomic mass is 19.3. The number of ether oxygens (including phenoxy) is 1. The van der Waals surface area contributed by atoms with Crippen molar-refractivity contribution in [1.82, 2.24) is 20.9 Å². The van der Waals surface area contributed by atoms with Crippen molar-refractivity contribution in [3.05, 3.63) is 59.6 Å². The second-order valence-electron chi connectivity index (χ2n) is 7.45. The minimum Gasteiger partial charge on any atom is -0.471 e. The lowest BCUT2D eigenvalue weighted by molar-refractivity contribution is -0.0244. The summed E-state index contributed by atoms with van der Waals surface area (Å²) in [5.74, 6) is -2.67. The van der Waals surface area contributed by atoms with Gasteiger partial charge in [0, 0.05) is 49.2 Å². The Morgan fingerprint density at radius 3 is 2.60 bits per heavy atom. The van der Waals surface area contributed by atoms with Gasteiger partial charge >= 0.3 is 0 Å². The topological polar surface area (TPSA) is 58.2 Å². The van der Waals surface area contributed by atoms with E-state index in [-0.39, 0.29) is 18.0 Å². The fraction of sp³-hybridized carbons (Fsp3) is 0.522. The number of rotatable bonds is 13. The van der Waals surface area contributed by atoms with Crippen LogP contribution >= 0.6 is 0 Å². The molecule has 7 heteroatoms. The van der Waals surface area contributed by atoms with Crippen LogP contribution in [0.5, 0.6) is 5.88 Å². The predicted octanol–water partition coefficient (Wildman–Crippen LogP) is 4.64.